The molecule has 6 rings (SSSR count). The number of ether oxygens (including phenoxy) is 2. The zero-order chi connectivity index (χ0) is 35.9. The molecule has 3 N–H and O–H groups in total. The molecule has 0 bridgehead atoms. The molecule has 0 atom stereocenters. The number of amides is 2. The topological polar surface area (TPSA) is 118 Å². The highest BCUT2D eigenvalue weighted by atomic mass is 35.5. The lowest BCUT2D eigenvalue weighted by atomic mass is 10.0. The Bertz CT molecular complexity index is 2240. The summed E-state index contributed by atoms with van der Waals surface area (Å²) in [5.41, 5.74) is 6.11. The van der Waals surface area contributed by atoms with Crippen LogP contribution in [0.4, 0.5) is 0 Å². The van der Waals surface area contributed by atoms with Crippen LogP contribution >= 0.6 is 34.8 Å². The van der Waals surface area contributed by atoms with Gasteiger partial charge in [0.25, 0.3) is 5.91 Å². The zero-order valence-corrected chi connectivity index (χ0v) is 29.9. The van der Waals surface area contributed by atoms with Gasteiger partial charge in [-0.25, -0.2) is 4.98 Å². The fourth-order valence-corrected chi connectivity index (χ4v) is 6.21. The van der Waals surface area contributed by atoms with Gasteiger partial charge in [-0.05, 0) is 67.1 Å². The first kappa shape index (κ1) is 35.5. The van der Waals surface area contributed by atoms with Crippen molar-refractivity contribution in [2.24, 2.45) is 0 Å². The van der Waals surface area contributed by atoms with Crippen LogP contribution < -0.4 is 20.1 Å². The van der Waals surface area contributed by atoms with Crippen molar-refractivity contribution >= 4 is 63.6 Å². The zero-order valence-electron chi connectivity index (χ0n) is 27.6. The van der Waals surface area contributed by atoms with Gasteiger partial charge in [0.2, 0.25) is 5.91 Å². The van der Waals surface area contributed by atoms with Crippen molar-refractivity contribution in [2.45, 2.75) is 26.7 Å². The number of pyridine rings is 2. The van der Waals surface area contributed by atoms with Crippen molar-refractivity contribution in [1.29, 1.82) is 0 Å². The van der Waals surface area contributed by atoms with Crippen LogP contribution in [0.1, 0.15) is 38.6 Å². The number of para-hydroxylation sites is 1. The molecule has 3 aromatic carbocycles. The Hall–Kier alpha value is -5.35. The summed E-state index contributed by atoms with van der Waals surface area (Å²) in [5, 5.41) is 7.44. The van der Waals surface area contributed by atoms with Crippen LogP contribution in [0.15, 0.2) is 97.2 Å². The summed E-state index contributed by atoms with van der Waals surface area (Å²) in [4.78, 5) is 36.7. The Morgan fingerprint density at radius 2 is 1.69 bits per heavy atom. The van der Waals surface area contributed by atoms with Crippen molar-refractivity contribution in [1.82, 2.24) is 25.6 Å². The molecule has 12 heteroatoms. The first-order chi connectivity index (χ1) is 24.7. The molecule has 6 aromatic rings. The first-order valence-corrected chi connectivity index (χ1v) is 17.0. The van der Waals surface area contributed by atoms with Gasteiger partial charge >= 0.3 is 0 Å². The highest BCUT2D eigenvalue weighted by molar-refractivity contribution is 6.38. The van der Waals surface area contributed by atoms with Gasteiger partial charge in [0, 0.05) is 69.4 Å². The molecular weight excluding hydrogens is 709 g/mol. The van der Waals surface area contributed by atoms with E-state index in [1.165, 1.54) is 6.08 Å². The second-order valence-corrected chi connectivity index (χ2v) is 12.7. The van der Waals surface area contributed by atoms with E-state index in [0.29, 0.717) is 66.8 Å². The molecular formula is C39H32Cl3N5O4. The number of hydrogen-bond donors (Lipinski definition) is 3. The van der Waals surface area contributed by atoms with E-state index in [9.17, 15) is 9.59 Å². The van der Waals surface area contributed by atoms with Crippen LogP contribution in [0, 0.1) is 6.92 Å². The molecule has 0 aliphatic rings. The maximum atomic E-state index is 12.7. The maximum Gasteiger partial charge on any atom is 0.251 e. The van der Waals surface area contributed by atoms with Crippen LogP contribution in [-0.4, -0.2) is 33.8 Å². The summed E-state index contributed by atoms with van der Waals surface area (Å²) in [7, 11) is 1.57. The third-order valence-electron chi connectivity index (χ3n) is 7.98. The van der Waals surface area contributed by atoms with E-state index in [-0.39, 0.29) is 25.0 Å². The second kappa shape index (κ2) is 16.1. The van der Waals surface area contributed by atoms with E-state index in [1.807, 2.05) is 49.4 Å². The fourth-order valence-electron chi connectivity index (χ4n) is 5.41. The Kier molecular flexibility index (Phi) is 11.2. The molecule has 9 nitrogen and oxygen atoms in total. The van der Waals surface area contributed by atoms with Gasteiger partial charge < -0.3 is 25.1 Å². The second-order valence-electron chi connectivity index (χ2n) is 11.5. The molecule has 0 aliphatic carbocycles. The number of carbonyl (C=O) groups excluding carboxylic acids is 2. The van der Waals surface area contributed by atoms with Crippen LogP contribution in [0.2, 0.25) is 15.2 Å². The normalized spacial score (nSPS) is 11.2. The van der Waals surface area contributed by atoms with E-state index < -0.39 is 0 Å². The third-order valence-corrected chi connectivity index (χ3v) is 8.96. The molecule has 0 radical (unpaired) electrons. The highest BCUT2D eigenvalue weighted by Crippen LogP contribution is 2.39. The van der Waals surface area contributed by atoms with Gasteiger partial charge in [0.05, 0.1) is 17.3 Å². The van der Waals surface area contributed by atoms with Crippen LogP contribution in [0.3, 0.4) is 0 Å². The predicted octanol–water partition coefficient (Wildman–Crippen LogP) is 8.74. The molecule has 0 aliphatic heterocycles. The molecule has 0 spiro atoms. The number of benzene rings is 3. The molecule has 3 aromatic heterocycles. The summed E-state index contributed by atoms with van der Waals surface area (Å²) in [6, 6.07) is 25.4. The van der Waals surface area contributed by atoms with Crippen molar-refractivity contribution in [2.75, 3.05) is 7.05 Å². The third kappa shape index (κ3) is 8.52. The number of carbonyl (C=O) groups is 2. The van der Waals surface area contributed by atoms with Gasteiger partial charge in [-0.15, -0.1) is 0 Å². The lowest BCUT2D eigenvalue weighted by Gasteiger charge is -2.16. The van der Waals surface area contributed by atoms with Crippen molar-refractivity contribution in [3.8, 4) is 22.6 Å². The van der Waals surface area contributed by atoms with Crippen LogP contribution in [-0.2, 0) is 24.6 Å². The van der Waals surface area contributed by atoms with E-state index in [1.54, 1.807) is 61.8 Å². The van der Waals surface area contributed by atoms with Crippen molar-refractivity contribution in [3.63, 3.8) is 0 Å². The van der Waals surface area contributed by atoms with Crippen LogP contribution in [0.5, 0.6) is 11.5 Å². The molecule has 258 valence electrons. The SMILES string of the molecule is CNC(=O)c1ccc(C=CC(=O)NCc2[nH]c(Cl)cc2-c2ccc(Cl)c(COc3cccc4c(OCc5ccccn5)cc(C)nc34)c2Cl)cc1. The summed E-state index contributed by atoms with van der Waals surface area (Å²) in [6.07, 6.45) is 4.81. The summed E-state index contributed by atoms with van der Waals surface area (Å²) >= 11 is 20.1. The largest absolute Gasteiger partial charge is 0.487 e. The number of fused-ring (bicyclic) bond motifs is 1. The van der Waals surface area contributed by atoms with Gasteiger partial charge in [-0.3, -0.25) is 14.6 Å². The highest BCUT2D eigenvalue weighted by Gasteiger charge is 2.19. The Morgan fingerprint density at radius 3 is 2.45 bits per heavy atom. The number of nitrogens with one attached hydrogen (secondary N) is 3. The molecule has 3 heterocycles. The van der Waals surface area contributed by atoms with Gasteiger partial charge in [0.15, 0.2) is 0 Å². The minimum atomic E-state index is -0.317. The lowest BCUT2D eigenvalue weighted by Crippen LogP contribution is -2.20. The number of aromatic amines is 1. The monoisotopic (exact) mass is 739 g/mol. The van der Waals surface area contributed by atoms with E-state index in [0.717, 1.165) is 22.3 Å². The van der Waals surface area contributed by atoms with Crippen molar-refractivity contribution < 1.29 is 19.1 Å². The van der Waals surface area contributed by atoms with Crippen LogP contribution in [0.25, 0.3) is 28.1 Å². The molecule has 0 saturated heterocycles. The number of rotatable bonds is 12. The standard InChI is InChI=1S/C39H32Cl3N5O4/c1-23-18-34(50-21-26-6-3-4-17-44-26)28-7-5-8-33(38(28)46-23)51-22-30-31(40)15-14-27(37(30)42)29-19-35(41)47-32(29)20-45-36(48)16-11-24-9-12-25(13-10-24)39(49)43-2/h3-19,47H,20-22H2,1-2H3,(H,43,49)(H,45,48). The summed E-state index contributed by atoms with van der Waals surface area (Å²) in [5.74, 6) is 0.712. The molecule has 0 fully saturated rings. The Labute approximate surface area is 309 Å². The first-order valence-electron chi connectivity index (χ1n) is 15.9. The van der Waals surface area contributed by atoms with Crippen molar-refractivity contribution in [3.05, 3.63) is 146 Å². The average molecular weight is 741 g/mol. The number of hydrogen-bond acceptors (Lipinski definition) is 6. The van der Waals surface area contributed by atoms with E-state index in [2.05, 4.69) is 20.6 Å². The summed E-state index contributed by atoms with van der Waals surface area (Å²) in [6.45, 7) is 2.42. The Balaban J connectivity index is 1.17. The molecule has 0 unspecified atom stereocenters. The smallest absolute Gasteiger partial charge is 0.251 e. The molecule has 2 amide bonds. The number of aromatic nitrogens is 3. The number of aryl methyl sites for hydroxylation is 1. The minimum Gasteiger partial charge on any atom is -0.487 e. The fraction of sp³-hybridized carbons (Fsp3) is 0.128. The minimum absolute atomic E-state index is 0.0590. The van der Waals surface area contributed by atoms with E-state index in [4.69, 9.17) is 49.3 Å². The molecule has 0 saturated carbocycles. The van der Waals surface area contributed by atoms with Gasteiger partial charge in [-0.2, -0.15) is 0 Å². The number of nitrogens with zero attached hydrogens (tertiary/aromatic N) is 2. The number of halogens is 3. The number of H-pyrrole nitrogens is 1. The summed E-state index contributed by atoms with van der Waals surface area (Å²) < 4.78 is 12.5. The quantitative estimate of drug-likeness (QED) is 0.108. The van der Waals surface area contributed by atoms with Gasteiger partial charge in [-0.1, -0.05) is 65.1 Å². The Morgan fingerprint density at radius 1 is 0.882 bits per heavy atom. The van der Waals surface area contributed by atoms with E-state index >= 15 is 0 Å². The van der Waals surface area contributed by atoms with Gasteiger partial charge in [0.1, 0.15) is 35.4 Å². The molecule has 51 heavy (non-hydrogen) atoms. The lowest BCUT2D eigenvalue weighted by molar-refractivity contribution is -0.116. The average Bonchev–Trinajstić information content (AvgIpc) is 3.52. The predicted molar refractivity (Wildman–Crippen MR) is 201 cm³/mol. The maximum absolute atomic E-state index is 12.7.